The van der Waals surface area contributed by atoms with Crippen molar-refractivity contribution in [3.05, 3.63) is 0 Å². The molecule has 0 fully saturated rings. The van der Waals surface area contributed by atoms with Crippen molar-refractivity contribution in [2.75, 3.05) is 133 Å². The molecule has 0 aliphatic rings. The molecular weight excluding hydrogens is 636 g/mol. The van der Waals surface area contributed by atoms with Gasteiger partial charge in [0.05, 0.1) is 79.3 Å². The zero-order chi connectivity index (χ0) is 29.3. The van der Waals surface area contributed by atoms with E-state index in [1.807, 2.05) is 23.9 Å². The maximum Gasteiger partial charge on any atom is 0.140 e. The van der Waals surface area contributed by atoms with Crippen molar-refractivity contribution < 1.29 is 136 Å². The normalized spacial score (nSPS) is 8.62. The van der Waals surface area contributed by atoms with Crippen LogP contribution in [0.5, 0.6) is 0 Å². The third-order valence-corrected chi connectivity index (χ3v) is 2.87. The Morgan fingerprint density at radius 1 is 0.359 bits per heavy atom. The molecule has 0 radical (unpaired) electrons. The summed E-state index contributed by atoms with van der Waals surface area (Å²) in [7, 11) is 3.71. The van der Waals surface area contributed by atoms with Gasteiger partial charge in [-0.15, -0.1) is 0 Å². The smallest absolute Gasteiger partial charge is 0.140 e. The number of hydrogen-bond donors (Lipinski definition) is 12. The minimum absolute atomic E-state index is 0. The minimum atomic E-state index is -0.750. The summed E-state index contributed by atoms with van der Waals surface area (Å²) in [4.78, 5) is 3.72. The van der Waals surface area contributed by atoms with Gasteiger partial charge in [0.2, 0.25) is 0 Å². The van der Waals surface area contributed by atoms with E-state index in [2.05, 4.69) is 9.47 Å². The van der Waals surface area contributed by atoms with Crippen LogP contribution in [0.15, 0.2) is 0 Å². The zero-order valence-corrected chi connectivity index (χ0v) is 28.0. The van der Waals surface area contributed by atoms with Gasteiger partial charge < -0.3 is 80.6 Å². The molecule has 16 nitrogen and oxygen atoms in total. The van der Waals surface area contributed by atoms with E-state index in [9.17, 15) is 0 Å². The first kappa shape index (κ1) is 63.7. The second-order valence-electron chi connectivity index (χ2n) is 5.90. The van der Waals surface area contributed by atoms with E-state index in [4.69, 9.17) is 61.3 Å². The van der Waals surface area contributed by atoms with Crippen LogP contribution in [-0.4, -0.2) is 204 Å². The third-order valence-electron chi connectivity index (χ3n) is 2.87. The number of aliphatic hydroxyl groups excluding tert-OH is 10. The molecule has 0 spiro atoms. The van der Waals surface area contributed by atoms with Gasteiger partial charge in [0.15, 0.2) is 0 Å². The molecule has 0 amide bonds. The summed E-state index contributed by atoms with van der Waals surface area (Å²) in [6.45, 7) is 3.10. The predicted octanol–water partition coefficient (Wildman–Crippen LogP) is -6.37. The molecule has 19 heteroatoms. The Labute approximate surface area is 277 Å². The molecule has 0 bridgehead atoms. The molecule has 0 aliphatic heterocycles. The number of nitrogens with zero attached hydrogens (tertiary/aromatic N) is 2. The van der Waals surface area contributed by atoms with Gasteiger partial charge in [-0.2, -0.15) is 0 Å². The Kier molecular flexibility index (Phi) is 126. The van der Waals surface area contributed by atoms with E-state index in [0.29, 0.717) is 52.6 Å². The van der Waals surface area contributed by atoms with Crippen LogP contribution < -0.4 is 0 Å². The fourth-order valence-electron chi connectivity index (χ4n) is 1.37. The molecule has 0 aliphatic carbocycles. The molecule has 0 heterocycles. The van der Waals surface area contributed by atoms with Crippen molar-refractivity contribution in [2.45, 2.75) is 0 Å². The van der Waals surface area contributed by atoms with Crippen molar-refractivity contribution >= 4 is 0 Å². The van der Waals surface area contributed by atoms with Gasteiger partial charge in [-0.05, 0) is 14.1 Å². The van der Waals surface area contributed by atoms with Crippen LogP contribution >= 0.6 is 0 Å². The molecule has 0 aromatic carbocycles. The molecule has 0 unspecified atom stereocenters. The topological polar surface area (TPSA) is 268 Å². The van der Waals surface area contributed by atoms with E-state index in [1.54, 1.807) is 0 Å². The van der Waals surface area contributed by atoms with Gasteiger partial charge in [-0.25, -0.2) is 0 Å². The molecule has 0 aromatic heterocycles. The molecule has 12 N–H and O–H groups in total. The predicted molar refractivity (Wildman–Crippen MR) is 132 cm³/mol. The van der Waals surface area contributed by atoms with Gasteiger partial charge in [0, 0.05) is 91.3 Å². The zero-order valence-electron chi connectivity index (χ0n) is 23.3. The fourth-order valence-corrected chi connectivity index (χ4v) is 1.37. The summed E-state index contributed by atoms with van der Waals surface area (Å²) < 4.78 is 9.26. The van der Waals surface area contributed by atoms with Crippen LogP contribution in [-0.2, 0) is 74.6 Å². The second-order valence-corrected chi connectivity index (χ2v) is 5.90. The van der Waals surface area contributed by atoms with Gasteiger partial charge in [0.1, 0.15) is 13.6 Å². The molecule has 39 heavy (non-hydrogen) atoms. The quantitative estimate of drug-likeness (QED) is 0.0408. The van der Waals surface area contributed by atoms with E-state index < -0.39 is 13.6 Å². The Hall–Kier alpha value is 1.50. The number of rotatable bonds is 16. The van der Waals surface area contributed by atoms with E-state index in [1.165, 1.54) is 0 Å². The second kappa shape index (κ2) is 77.4. The van der Waals surface area contributed by atoms with Gasteiger partial charge in [-0.1, -0.05) is 0 Å². The van der Waals surface area contributed by atoms with E-state index in [-0.39, 0.29) is 118 Å². The third kappa shape index (κ3) is 120. The Bertz CT molecular complexity index is 258. The number of ether oxygens (including phenoxy) is 2. The summed E-state index contributed by atoms with van der Waals surface area (Å²) in [6, 6.07) is 0. The Morgan fingerprint density at radius 2 is 0.513 bits per heavy atom. The molecule has 0 saturated carbocycles. The van der Waals surface area contributed by atoms with Crippen molar-refractivity contribution in [1.82, 2.24) is 9.80 Å². The van der Waals surface area contributed by atoms with E-state index >= 15 is 0 Å². The van der Waals surface area contributed by atoms with Crippen LogP contribution in [0.3, 0.4) is 0 Å². The SMILES string of the molecule is CN(CCO)CCO.CN(CCO)CCO.OCCOCCO.OCCOCCO.OCO.OCO.[Ti].[Ti].[Ti]. The van der Waals surface area contributed by atoms with Crippen molar-refractivity contribution in [3.8, 4) is 0 Å². The van der Waals surface area contributed by atoms with Crippen molar-refractivity contribution in [1.29, 1.82) is 0 Å². The first-order valence-corrected chi connectivity index (χ1v) is 11.1. The molecular formula is C20H54N2O14Ti3. The van der Waals surface area contributed by atoms with Crippen LogP contribution in [0.1, 0.15) is 0 Å². The summed E-state index contributed by atoms with van der Waals surface area (Å²) in [5, 5.41) is 94.2. The minimum Gasteiger partial charge on any atom is -0.395 e. The summed E-state index contributed by atoms with van der Waals surface area (Å²) in [5.41, 5.74) is 0. The van der Waals surface area contributed by atoms with Crippen LogP contribution in [0, 0.1) is 0 Å². The Balaban J connectivity index is -0.0000000402. The van der Waals surface area contributed by atoms with Gasteiger partial charge in [-0.3, -0.25) is 0 Å². The average molecular weight is 690 g/mol. The Morgan fingerprint density at radius 3 is 0.615 bits per heavy atom. The van der Waals surface area contributed by atoms with Gasteiger partial charge >= 0.3 is 0 Å². The molecule has 240 valence electrons. The van der Waals surface area contributed by atoms with Crippen LogP contribution in [0.2, 0.25) is 0 Å². The first-order chi connectivity index (χ1) is 17.3. The summed E-state index contributed by atoms with van der Waals surface area (Å²) in [6.07, 6.45) is 0. The summed E-state index contributed by atoms with van der Waals surface area (Å²) in [5.74, 6) is 0. The monoisotopic (exact) mass is 690 g/mol. The fraction of sp³-hybridized carbons (Fsp3) is 1.00. The average Bonchev–Trinajstić information content (AvgIpc) is 2.83. The van der Waals surface area contributed by atoms with Crippen LogP contribution in [0.25, 0.3) is 0 Å². The first-order valence-electron chi connectivity index (χ1n) is 11.1. The van der Waals surface area contributed by atoms with E-state index in [0.717, 1.165) is 0 Å². The number of hydrogen-bond acceptors (Lipinski definition) is 16. The maximum absolute atomic E-state index is 8.34. The molecule has 0 atom stereocenters. The van der Waals surface area contributed by atoms with Crippen LogP contribution in [0.4, 0.5) is 0 Å². The standard InChI is InChI=1S/2C5H13NO2.2C4H10O3.2CH4O2.3Ti/c2*1-6(2-4-7)3-5-8;2*5-1-3-7-4-2-6;2*2-1-3;;;/h2*7-8H,2-5H2,1H3;2*5-6H,1-4H2;2*2-3H,1H2;;;. The van der Waals surface area contributed by atoms with Gasteiger partial charge in [0.25, 0.3) is 0 Å². The van der Waals surface area contributed by atoms with Crippen molar-refractivity contribution in [3.63, 3.8) is 0 Å². The maximum atomic E-state index is 8.34. The molecule has 0 rings (SSSR count). The number of aliphatic hydroxyl groups is 12. The molecule has 0 saturated heterocycles. The largest absolute Gasteiger partial charge is 0.395 e. The molecule has 0 aromatic rings. The summed E-state index contributed by atoms with van der Waals surface area (Å²) >= 11 is 0. The number of likely N-dealkylation sites (N-methyl/N-ethyl adjacent to an activating group) is 2. The van der Waals surface area contributed by atoms with Crippen molar-refractivity contribution in [2.24, 2.45) is 0 Å².